The van der Waals surface area contributed by atoms with Gasteiger partial charge >= 0.3 is 0 Å². The lowest BCUT2D eigenvalue weighted by Crippen LogP contribution is -2.03. The fourth-order valence-corrected chi connectivity index (χ4v) is 1.62. The van der Waals surface area contributed by atoms with E-state index in [1.54, 1.807) is 11.3 Å². The molecular weight excluding hydrogens is 172 g/mol. The Labute approximate surface area is 72.7 Å². The van der Waals surface area contributed by atoms with Crippen LogP contribution in [0.15, 0.2) is 34.7 Å². The predicted molar refractivity (Wildman–Crippen MR) is 48.2 cm³/mol. The Bertz CT molecular complexity index is 419. The Morgan fingerprint density at radius 2 is 2.42 bits per heavy atom. The average Bonchev–Trinajstić information content (AvgIpc) is 2.56. The van der Waals surface area contributed by atoms with E-state index in [4.69, 9.17) is 0 Å². The fourth-order valence-electron chi connectivity index (χ4n) is 0.928. The van der Waals surface area contributed by atoms with Crippen molar-refractivity contribution in [1.29, 1.82) is 0 Å². The van der Waals surface area contributed by atoms with Gasteiger partial charge in [0.2, 0.25) is 0 Å². The molecule has 0 aliphatic rings. The Balaban J connectivity index is 2.55. The molecule has 3 nitrogen and oxygen atoms in total. The SMILES string of the molecule is O=c1cc(-c2cccs2)nc[nH]1. The van der Waals surface area contributed by atoms with Gasteiger partial charge in [0.25, 0.3) is 5.56 Å². The number of nitrogens with zero attached hydrogens (tertiary/aromatic N) is 1. The summed E-state index contributed by atoms with van der Waals surface area (Å²) in [5, 5.41) is 1.96. The van der Waals surface area contributed by atoms with E-state index in [-0.39, 0.29) is 5.56 Å². The van der Waals surface area contributed by atoms with Crippen LogP contribution in [0.25, 0.3) is 10.6 Å². The lowest BCUT2D eigenvalue weighted by atomic mass is 10.3. The summed E-state index contributed by atoms with van der Waals surface area (Å²) >= 11 is 1.57. The first-order valence-corrected chi connectivity index (χ1v) is 4.33. The van der Waals surface area contributed by atoms with Gasteiger partial charge in [-0.25, -0.2) is 4.98 Å². The normalized spacial score (nSPS) is 10.0. The maximum Gasteiger partial charge on any atom is 0.251 e. The predicted octanol–water partition coefficient (Wildman–Crippen LogP) is 1.50. The first kappa shape index (κ1) is 7.24. The van der Waals surface area contributed by atoms with E-state index in [0.717, 1.165) is 10.6 Å². The third-order valence-corrected chi connectivity index (χ3v) is 2.34. The number of nitrogens with one attached hydrogen (secondary N) is 1. The van der Waals surface area contributed by atoms with Gasteiger partial charge in [-0.05, 0) is 11.4 Å². The molecule has 0 saturated carbocycles. The number of thiophene rings is 1. The minimum absolute atomic E-state index is 0.117. The molecule has 60 valence electrons. The van der Waals surface area contributed by atoms with Crippen LogP contribution in [0.5, 0.6) is 0 Å². The molecule has 0 bridgehead atoms. The van der Waals surface area contributed by atoms with E-state index in [1.165, 1.54) is 12.4 Å². The van der Waals surface area contributed by atoms with Crippen LogP contribution in [0.1, 0.15) is 0 Å². The molecule has 0 amide bonds. The number of rotatable bonds is 1. The molecule has 0 saturated heterocycles. The monoisotopic (exact) mass is 178 g/mol. The summed E-state index contributed by atoms with van der Waals surface area (Å²) in [6.45, 7) is 0. The van der Waals surface area contributed by atoms with Crippen LogP contribution in [0.2, 0.25) is 0 Å². The number of aromatic nitrogens is 2. The number of H-pyrrole nitrogens is 1. The van der Waals surface area contributed by atoms with Gasteiger partial charge < -0.3 is 4.98 Å². The third kappa shape index (κ3) is 1.29. The van der Waals surface area contributed by atoms with E-state index in [1.807, 2.05) is 17.5 Å². The van der Waals surface area contributed by atoms with Gasteiger partial charge in [-0.3, -0.25) is 4.79 Å². The molecule has 0 aliphatic heterocycles. The molecule has 4 heteroatoms. The van der Waals surface area contributed by atoms with Crippen molar-refractivity contribution in [3.63, 3.8) is 0 Å². The van der Waals surface area contributed by atoms with Crippen LogP contribution >= 0.6 is 11.3 Å². The van der Waals surface area contributed by atoms with Crippen molar-refractivity contribution in [3.05, 3.63) is 40.3 Å². The van der Waals surface area contributed by atoms with Gasteiger partial charge in [0.05, 0.1) is 16.9 Å². The average molecular weight is 178 g/mol. The number of hydrogen-bond acceptors (Lipinski definition) is 3. The lowest BCUT2D eigenvalue weighted by Gasteiger charge is -1.91. The van der Waals surface area contributed by atoms with Gasteiger partial charge in [0.1, 0.15) is 0 Å². The summed E-state index contributed by atoms with van der Waals surface area (Å²) in [5.74, 6) is 0. The molecule has 2 rings (SSSR count). The van der Waals surface area contributed by atoms with Gasteiger partial charge in [-0.1, -0.05) is 6.07 Å². The summed E-state index contributed by atoms with van der Waals surface area (Å²) in [6.07, 6.45) is 1.41. The van der Waals surface area contributed by atoms with Crippen molar-refractivity contribution in [2.24, 2.45) is 0 Å². The summed E-state index contributed by atoms with van der Waals surface area (Å²) in [4.78, 5) is 18.4. The van der Waals surface area contributed by atoms with Crippen LogP contribution < -0.4 is 5.56 Å². The Hall–Kier alpha value is -1.42. The maximum absolute atomic E-state index is 10.9. The van der Waals surface area contributed by atoms with Gasteiger partial charge in [-0.15, -0.1) is 11.3 Å². The second kappa shape index (κ2) is 2.91. The molecule has 0 aliphatic carbocycles. The molecule has 1 N–H and O–H groups in total. The highest BCUT2D eigenvalue weighted by Gasteiger charge is 1.98. The first-order valence-electron chi connectivity index (χ1n) is 3.45. The summed E-state index contributed by atoms with van der Waals surface area (Å²) in [7, 11) is 0. The van der Waals surface area contributed by atoms with Gasteiger partial charge in [0.15, 0.2) is 0 Å². The van der Waals surface area contributed by atoms with Crippen molar-refractivity contribution in [3.8, 4) is 10.6 Å². The molecule has 2 aromatic heterocycles. The second-order valence-corrected chi connectivity index (χ2v) is 3.22. The van der Waals surface area contributed by atoms with Crippen LogP contribution in [-0.4, -0.2) is 9.97 Å². The zero-order valence-electron chi connectivity index (χ0n) is 6.15. The van der Waals surface area contributed by atoms with Crippen LogP contribution in [-0.2, 0) is 0 Å². The summed E-state index contributed by atoms with van der Waals surface area (Å²) in [6, 6.07) is 5.36. The zero-order valence-corrected chi connectivity index (χ0v) is 6.97. The summed E-state index contributed by atoms with van der Waals surface area (Å²) in [5.41, 5.74) is 0.613. The topological polar surface area (TPSA) is 45.8 Å². The molecule has 0 fully saturated rings. The van der Waals surface area contributed by atoms with Gasteiger partial charge in [-0.2, -0.15) is 0 Å². The lowest BCUT2D eigenvalue weighted by molar-refractivity contribution is 1.13. The molecule has 0 unspecified atom stereocenters. The highest BCUT2D eigenvalue weighted by molar-refractivity contribution is 7.13. The molecule has 2 aromatic rings. The van der Waals surface area contributed by atoms with E-state index in [2.05, 4.69) is 9.97 Å². The van der Waals surface area contributed by atoms with Crippen molar-refractivity contribution in [2.45, 2.75) is 0 Å². The minimum atomic E-state index is -0.117. The zero-order chi connectivity index (χ0) is 8.39. The number of hydrogen-bond donors (Lipinski definition) is 1. The van der Waals surface area contributed by atoms with Crippen molar-refractivity contribution in [2.75, 3.05) is 0 Å². The molecule has 0 aromatic carbocycles. The van der Waals surface area contributed by atoms with Crippen LogP contribution in [0, 0.1) is 0 Å². The smallest absolute Gasteiger partial charge is 0.251 e. The molecule has 0 radical (unpaired) electrons. The van der Waals surface area contributed by atoms with E-state index >= 15 is 0 Å². The second-order valence-electron chi connectivity index (χ2n) is 2.27. The Morgan fingerprint density at radius 1 is 1.50 bits per heavy atom. The Kier molecular flexibility index (Phi) is 1.75. The number of aromatic amines is 1. The molecule has 0 atom stereocenters. The van der Waals surface area contributed by atoms with Crippen molar-refractivity contribution < 1.29 is 0 Å². The van der Waals surface area contributed by atoms with Crippen molar-refractivity contribution in [1.82, 2.24) is 9.97 Å². The molecule has 12 heavy (non-hydrogen) atoms. The maximum atomic E-state index is 10.9. The molecule has 0 spiro atoms. The molecular formula is C8H6N2OS. The first-order chi connectivity index (χ1) is 5.86. The van der Waals surface area contributed by atoms with E-state index in [9.17, 15) is 4.79 Å². The quantitative estimate of drug-likeness (QED) is 0.719. The minimum Gasteiger partial charge on any atom is -0.313 e. The van der Waals surface area contributed by atoms with E-state index in [0.29, 0.717) is 0 Å². The Morgan fingerprint density at radius 3 is 3.08 bits per heavy atom. The largest absolute Gasteiger partial charge is 0.313 e. The van der Waals surface area contributed by atoms with Crippen LogP contribution in [0.4, 0.5) is 0 Å². The van der Waals surface area contributed by atoms with Crippen molar-refractivity contribution >= 4 is 11.3 Å². The molecule has 2 heterocycles. The van der Waals surface area contributed by atoms with Crippen LogP contribution in [0.3, 0.4) is 0 Å². The van der Waals surface area contributed by atoms with Gasteiger partial charge in [0, 0.05) is 6.07 Å². The highest BCUT2D eigenvalue weighted by Crippen LogP contribution is 2.20. The fraction of sp³-hybridized carbons (Fsp3) is 0. The standard InChI is InChI=1S/C8H6N2OS/c11-8-4-6(9-5-10-8)7-2-1-3-12-7/h1-5H,(H,9,10,11). The van der Waals surface area contributed by atoms with E-state index < -0.39 is 0 Å². The summed E-state index contributed by atoms with van der Waals surface area (Å²) < 4.78 is 0. The highest BCUT2D eigenvalue weighted by atomic mass is 32.1. The third-order valence-electron chi connectivity index (χ3n) is 1.45.